The maximum Gasteiger partial charge on any atom is 0.267 e. The Kier molecular flexibility index (Phi) is 3.27. The number of hydrogen-bond acceptors (Lipinski definition) is 3. The van der Waals surface area contributed by atoms with Crippen molar-refractivity contribution >= 4 is 6.29 Å². The van der Waals surface area contributed by atoms with Crippen LogP contribution in [0.2, 0.25) is 0 Å². The first-order chi connectivity index (χ1) is 8.52. The van der Waals surface area contributed by atoms with Crippen molar-refractivity contribution in [3.63, 3.8) is 0 Å². The summed E-state index contributed by atoms with van der Waals surface area (Å²) in [5.74, 6) is 0.260. The minimum atomic E-state index is -2.64. The van der Waals surface area contributed by atoms with Crippen LogP contribution in [-0.4, -0.2) is 16.1 Å². The van der Waals surface area contributed by atoms with E-state index in [2.05, 4.69) is 5.10 Å². The Morgan fingerprint density at radius 2 is 2.11 bits per heavy atom. The normalized spacial score (nSPS) is 11.4. The second-order valence-corrected chi connectivity index (χ2v) is 4.13. The van der Waals surface area contributed by atoms with E-state index in [9.17, 15) is 13.6 Å². The number of nitrogens with zero attached hydrogens (tertiary/aromatic N) is 2. The van der Waals surface area contributed by atoms with Gasteiger partial charge in [-0.15, -0.1) is 0 Å². The van der Waals surface area contributed by atoms with Crippen LogP contribution in [0.5, 0.6) is 0 Å². The van der Waals surface area contributed by atoms with Crippen molar-refractivity contribution in [3.05, 3.63) is 29.7 Å². The summed E-state index contributed by atoms with van der Waals surface area (Å²) in [5, 5.41) is 4.08. The molecule has 0 spiro atoms. The molecule has 0 aliphatic heterocycles. The highest BCUT2D eigenvalue weighted by atomic mass is 19.3. The number of hydrogen-bond donors (Lipinski definition) is 0. The van der Waals surface area contributed by atoms with Crippen LogP contribution in [0.25, 0.3) is 11.5 Å². The summed E-state index contributed by atoms with van der Waals surface area (Å²) in [6, 6.07) is 2.85. The molecule has 0 unspecified atom stereocenters. The number of aromatic nitrogens is 2. The molecule has 0 atom stereocenters. The summed E-state index contributed by atoms with van der Waals surface area (Å²) < 4.78 is 32.4. The lowest BCUT2D eigenvalue weighted by atomic mass is 10.2. The summed E-state index contributed by atoms with van der Waals surface area (Å²) in [5.41, 5.74) is -0.123. The standard InChI is InChI=1S/C12H12F2N2O2/c1-7(2)16-5-9(12(13)14)11(15-16)10-4-3-8(6-17)18-10/h3-7,12H,1-2H3. The summed E-state index contributed by atoms with van der Waals surface area (Å²) in [7, 11) is 0. The van der Waals surface area contributed by atoms with E-state index in [-0.39, 0.29) is 28.8 Å². The predicted octanol–water partition coefficient (Wildman–Crippen LogP) is 3.47. The molecule has 0 aliphatic rings. The van der Waals surface area contributed by atoms with Crippen LogP contribution in [-0.2, 0) is 0 Å². The molecule has 0 aliphatic carbocycles. The van der Waals surface area contributed by atoms with Crippen molar-refractivity contribution in [2.75, 3.05) is 0 Å². The second kappa shape index (κ2) is 4.72. The highest BCUT2D eigenvalue weighted by molar-refractivity contribution is 5.72. The Morgan fingerprint density at radius 3 is 2.61 bits per heavy atom. The average Bonchev–Trinajstić information content (AvgIpc) is 2.95. The van der Waals surface area contributed by atoms with Crippen LogP contribution in [0.3, 0.4) is 0 Å². The topological polar surface area (TPSA) is 48.0 Å². The van der Waals surface area contributed by atoms with Crippen molar-refractivity contribution in [2.24, 2.45) is 0 Å². The van der Waals surface area contributed by atoms with Crippen molar-refractivity contribution in [1.29, 1.82) is 0 Å². The Bertz CT molecular complexity index is 558. The van der Waals surface area contributed by atoms with Crippen molar-refractivity contribution < 1.29 is 18.0 Å². The molecule has 0 bridgehead atoms. The molecule has 96 valence electrons. The maximum atomic E-state index is 12.9. The van der Waals surface area contributed by atoms with Crippen LogP contribution in [0.15, 0.2) is 22.7 Å². The van der Waals surface area contributed by atoms with Gasteiger partial charge < -0.3 is 4.42 Å². The van der Waals surface area contributed by atoms with Gasteiger partial charge in [-0.2, -0.15) is 5.10 Å². The van der Waals surface area contributed by atoms with Crippen LogP contribution in [0.4, 0.5) is 8.78 Å². The smallest absolute Gasteiger partial charge is 0.267 e. The van der Waals surface area contributed by atoms with Gasteiger partial charge in [0, 0.05) is 12.2 Å². The van der Waals surface area contributed by atoms with Gasteiger partial charge in [-0.25, -0.2) is 8.78 Å². The zero-order chi connectivity index (χ0) is 13.3. The van der Waals surface area contributed by atoms with Crippen LogP contribution in [0, 0.1) is 0 Å². The molecule has 6 heteroatoms. The molecule has 0 N–H and O–H groups in total. The molecule has 0 saturated carbocycles. The molecule has 2 heterocycles. The van der Waals surface area contributed by atoms with Crippen molar-refractivity contribution in [3.8, 4) is 11.5 Å². The van der Waals surface area contributed by atoms with E-state index < -0.39 is 6.43 Å². The summed E-state index contributed by atoms with van der Waals surface area (Å²) in [4.78, 5) is 10.5. The Labute approximate surface area is 102 Å². The third-order valence-electron chi connectivity index (χ3n) is 2.50. The second-order valence-electron chi connectivity index (χ2n) is 4.13. The average molecular weight is 254 g/mol. The van der Waals surface area contributed by atoms with E-state index >= 15 is 0 Å². The predicted molar refractivity (Wildman–Crippen MR) is 60.7 cm³/mol. The van der Waals surface area contributed by atoms with Crippen molar-refractivity contribution in [2.45, 2.75) is 26.3 Å². The Morgan fingerprint density at radius 1 is 1.39 bits per heavy atom. The first-order valence-electron chi connectivity index (χ1n) is 5.45. The number of aldehydes is 1. The van der Waals surface area contributed by atoms with E-state index in [1.54, 1.807) is 0 Å². The van der Waals surface area contributed by atoms with Gasteiger partial charge in [0.1, 0.15) is 5.69 Å². The molecule has 0 saturated heterocycles. The van der Waals surface area contributed by atoms with E-state index in [0.717, 1.165) is 0 Å². The molecule has 0 aromatic carbocycles. The molecule has 2 rings (SSSR count). The van der Waals surface area contributed by atoms with Gasteiger partial charge in [-0.05, 0) is 26.0 Å². The third-order valence-corrected chi connectivity index (χ3v) is 2.50. The first-order valence-corrected chi connectivity index (χ1v) is 5.45. The summed E-state index contributed by atoms with van der Waals surface area (Å²) in [6.07, 6.45) is -0.823. The third kappa shape index (κ3) is 2.18. The van der Waals surface area contributed by atoms with Gasteiger partial charge in [0.15, 0.2) is 17.8 Å². The number of rotatable bonds is 4. The SMILES string of the molecule is CC(C)n1cc(C(F)F)c(-c2ccc(C=O)o2)n1. The fraction of sp³-hybridized carbons (Fsp3) is 0.333. The Balaban J connectivity index is 2.50. The number of carbonyl (C=O) groups is 1. The van der Waals surface area contributed by atoms with Crippen LogP contribution >= 0.6 is 0 Å². The van der Waals surface area contributed by atoms with Gasteiger partial charge in [0.25, 0.3) is 6.43 Å². The van der Waals surface area contributed by atoms with Crippen LogP contribution < -0.4 is 0 Å². The minimum Gasteiger partial charge on any atom is -0.452 e. The van der Waals surface area contributed by atoms with Gasteiger partial charge in [0.05, 0.1) is 5.56 Å². The van der Waals surface area contributed by atoms with Gasteiger partial charge in [0.2, 0.25) is 0 Å². The maximum absolute atomic E-state index is 12.9. The quantitative estimate of drug-likeness (QED) is 0.785. The lowest BCUT2D eigenvalue weighted by Gasteiger charge is -2.02. The van der Waals surface area contributed by atoms with Crippen molar-refractivity contribution in [1.82, 2.24) is 9.78 Å². The molecule has 2 aromatic rings. The lowest BCUT2D eigenvalue weighted by Crippen LogP contribution is -2.00. The van der Waals surface area contributed by atoms with Gasteiger partial charge in [-0.1, -0.05) is 0 Å². The number of carbonyl (C=O) groups excluding carboxylic acids is 1. The van der Waals surface area contributed by atoms with Crippen LogP contribution in [0.1, 0.15) is 42.4 Å². The van der Waals surface area contributed by atoms with E-state index in [1.165, 1.54) is 23.0 Å². The molecule has 0 amide bonds. The molecule has 4 nitrogen and oxygen atoms in total. The monoisotopic (exact) mass is 254 g/mol. The summed E-state index contributed by atoms with van der Waals surface area (Å²) in [6.45, 7) is 3.68. The molecular formula is C12H12F2N2O2. The zero-order valence-corrected chi connectivity index (χ0v) is 9.93. The highest BCUT2D eigenvalue weighted by Gasteiger charge is 2.22. The highest BCUT2D eigenvalue weighted by Crippen LogP contribution is 2.31. The fourth-order valence-corrected chi connectivity index (χ4v) is 1.56. The lowest BCUT2D eigenvalue weighted by molar-refractivity contribution is 0.110. The largest absolute Gasteiger partial charge is 0.452 e. The summed E-state index contributed by atoms with van der Waals surface area (Å²) >= 11 is 0. The minimum absolute atomic E-state index is 0.0308. The van der Waals surface area contributed by atoms with E-state index in [1.807, 2.05) is 13.8 Å². The van der Waals surface area contributed by atoms with E-state index in [4.69, 9.17) is 4.42 Å². The molecular weight excluding hydrogens is 242 g/mol. The molecule has 0 fully saturated rings. The van der Waals surface area contributed by atoms with Gasteiger partial charge >= 0.3 is 0 Å². The Hall–Kier alpha value is -1.98. The zero-order valence-electron chi connectivity index (χ0n) is 9.93. The molecule has 2 aromatic heterocycles. The number of alkyl halides is 2. The van der Waals surface area contributed by atoms with Gasteiger partial charge in [-0.3, -0.25) is 9.48 Å². The number of furan rings is 1. The molecule has 0 radical (unpaired) electrons. The first kappa shape index (κ1) is 12.5. The molecule has 18 heavy (non-hydrogen) atoms. The number of halogens is 2. The van der Waals surface area contributed by atoms with E-state index in [0.29, 0.717) is 6.29 Å². The fourth-order valence-electron chi connectivity index (χ4n) is 1.56.